The van der Waals surface area contributed by atoms with Crippen molar-refractivity contribution in [3.63, 3.8) is 0 Å². The summed E-state index contributed by atoms with van der Waals surface area (Å²) in [7, 11) is 0. The first-order valence-corrected chi connectivity index (χ1v) is 13.7. The molecule has 0 radical (unpaired) electrons. The van der Waals surface area contributed by atoms with E-state index in [1.807, 2.05) is 18.2 Å². The molecule has 7 nitrogen and oxygen atoms in total. The number of halogens is 3. The minimum atomic E-state index is -0.801. The van der Waals surface area contributed by atoms with Gasteiger partial charge in [-0.25, -0.2) is 14.2 Å². The number of carbonyl (C=O) groups is 1. The van der Waals surface area contributed by atoms with Gasteiger partial charge < -0.3 is 9.47 Å². The van der Waals surface area contributed by atoms with E-state index in [4.69, 9.17) is 14.7 Å². The molecular weight excluding hydrogens is 711 g/mol. The molecule has 1 aliphatic rings. The minimum Gasteiger partial charge on any atom is -0.477 e. The number of allylic oxidation sites excluding steroid dienone is 1. The second-order valence-corrected chi connectivity index (χ2v) is 10.9. The van der Waals surface area contributed by atoms with Gasteiger partial charge in [0.05, 0.1) is 35.6 Å². The van der Waals surface area contributed by atoms with Gasteiger partial charge in [0.1, 0.15) is 17.6 Å². The molecule has 1 atom stereocenters. The summed E-state index contributed by atoms with van der Waals surface area (Å²) < 4.78 is 27.9. The van der Waals surface area contributed by atoms with Gasteiger partial charge in [-0.3, -0.25) is 9.36 Å². The van der Waals surface area contributed by atoms with Gasteiger partial charge in [-0.1, -0.05) is 23.5 Å². The average molecular weight is 729 g/mol. The van der Waals surface area contributed by atoms with E-state index in [2.05, 4.69) is 50.2 Å². The van der Waals surface area contributed by atoms with E-state index in [1.54, 1.807) is 32.1 Å². The van der Waals surface area contributed by atoms with Crippen molar-refractivity contribution in [2.75, 3.05) is 13.2 Å². The first-order valence-electron chi connectivity index (χ1n) is 10.7. The van der Waals surface area contributed by atoms with Gasteiger partial charge in [0.15, 0.2) is 11.4 Å². The third kappa shape index (κ3) is 5.25. The Morgan fingerprint density at radius 1 is 1.28 bits per heavy atom. The highest BCUT2D eigenvalue weighted by atomic mass is 127. The summed E-state index contributed by atoms with van der Waals surface area (Å²) in [5.74, 6) is -0.377. The predicted molar refractivity (Wildman–Crippen MR) is 150 cm³/mol. The fraction of sp³-hybridized carbons (Fsp3) is 0.200. The molecule has 0 saturated carbocycles. The van der Waals surface area contributed by atoms with Gasteiger partial charge in [-0.15, -0.1) is 0 Å². The van der Waals surface area contributed by atoms with Gasteiger partial charge in [0, 0.05) is 0 Å². The summed E-state index contributed by atoms with van der Waals surface area (Å²) in [6, 6.07) is 10.6. The van der Waals surface area contributed by atoms with Crippen molar-refractivity contribution in [2.45, 2.75) is 19.9 Å². The maximum absolute atomic E-state index is 13.7. The van der Waals surface area contributed by atoms with Crippen molar-refractivity contribution in [3.8, 4) is 11.8 Å². The Bertz CT molecular complexity index is 1580. The Hall–Kier alpha value is -2.57. The number of hydrogen-bond acceptors (Lipinski definition) is 7. The van der Waals surface area contributed by atoms with Crippen LogP contribution in [0, 0.1) is 24.3 Å². The molecule has 0 unspecified atom stereocenters. The second kappa shape index (κ2) is 11.2. The molecular formula is C25H18FI2N3O4S. The molecule has 0 aliphatic carbocycles. The molecule has 2 aromatic carbocycles. The standard InChI is InChI=1S/C25H18FI2N3O4S/c1-3-34-24(33)20-13(2)30-25-31(21(20)15-4-6-16(26)7-5-15)23(32)19(36-25)12-14-10-17(27)22(18(28)11-14)35-9-8-29/h4-7,10-12,21H,3,9H2,1-2H3/b19-12-/t21-/m1/s1. The molecule has 184 valence electrons. The van der Waals surface area contributed by atoms with Crippen LogP contribution in [-0.2, 0) is 9.53 Å². The largest absolute Gasteiger partial charge is 0.477 e. The van der Waals surface area contributed by atoms with E-state index in [1.165, 1.54) is 28.0 Å². The number of esters is 1. The fourth-order valence-corrected chi connectivity index (χ4v) is 6.98. The maximum Gasteiger partial charge on any atom is 0.338 e. The van der Waals surface area contributed by atoms with Gasteiger partial charge in [0.2, 0.25) is 0 Å². The first-order chi connectivity index (χ1) is 17.2. The number of carbonyl (C=O) groups excluding carboxylic acids is 1. The van der Waals surface area contributed by atoms with Crippen LogP contribution in [0.1, 0.15) is 31.0 Å². The lowest BCUT2D eigenvalue weighted by atomic mass is 9.96. The molecule has 2 heterocycles. The Morgan fingerprint density at radius 3 is 2.56 bits per heavy atom. The summed E-state index contributed by atoms with van der Waals surface area (Å²) in [6.45, 7) is 3.51. The SMILES string of the molecule is CCOC(=O)C1=C(C)N=c2s/c(=C\c3cc(I)c(OCC#N)c(I)c3)c(=O)n2[C@@H]1c1ccc(F)cc1. The molecule has 11 heteroatoms. The van der Waals surface area contributed by atoms with E-state index < -0.39 is 17.8 Å². The molecule has 36 heavy (non-hydrogen) atoms. The second-order valence-electron chi connectivity index (χ2n) is 7.61. The zero-order chi connectivity index (χ0) is 26.0. The number of nitriles is 1. The summed E-state index contributed by atoms with van der Waals surface area (Å²) in [4.78, 5) is 31.5. The molecule has 0 amide bonds. The number of aromatic nitrogens is 1. The number of benzene rings is 2. The van der Waals surface area contributed by atoms with Crippen molar-refractivity contribution in [3.05, 3.63) is 91.4 Å². The lowest BCUT2D eigenvalue weighted by molar-refractivity contribution is -0.139. The van der Waals surface area contributed by atoms with Crippen molar-refractivity contribution < 1.29 is 18.7 Å². The minimum absolute atomic E-state index is 0.0600. The third-order valence-corrected chi connectivity index (χ3v) is 7.89. The van der Waals surface area contributed by atoms with Crippen LogP contribution in [0.15, 0.2) is 57.5 Å². The lowest BCUT2D eigenvalue weighted by Gasteiger charge is -2.24. The quantitative estimate of drug-likeness (QED) is 0.282. The number of rotatable bonds is 6. The number of hydrogen-bond donors (Lipinski definition) is 0. The van der Waals surface area contributed by atoms with Gasteiger partial charge in [0.25, 0.3) is 5.56 Å². The number of thiazole rings is 1. The van der Waals surface area contributed by atoms with Crippen LogP contribution in [0.2, 0.25) is 0 Å². The number of ether oxygens (including phenoxy) is 2. The van der Waals surface area contributed by atoms with Crippen LogP contribution in [0.5, 0.6) is 5.75 Å². The van der Waals surface area contributed by atoms with Crippen LogP contribution in [0.3, 0.4) is 0 Å². The van der Waals surface area contributed by atoms with Gasteiger partial charge in [-0.05, 0) is 100 Å². The summed E-state index contributed by atoms with van der Waals surface area (Å²) >= 11 is 5.46. The van der Waals surface area contributed by atoms with Crippen LogP contribution in [-0.4, -0.2) is 23.8 Å². The Labute approximate surface area is 236 Å². The number of nitrogens with zero attached hydrogens (tertiary/aromatic N) is 3. The Kier molecular flexibility index (Phi) is 8.26. The molecule has 1 aromatic heterocycles. The molecule has 0 bridgehead atoms. The van der Waals surface area contributed by atoms with E-state index in [0.717, 1.165) is 12.7 Å². The summed E-state index contributed by atoms with van der Waals surface area (Å²) in [5, 5.41) is 8.81. The van der Waals surface area contributed by atoms with E-state index in [-0.39, 0.29) is 24.3 Å². The molecule has 0 fully saturated rings. The maximum atomic E-state index is 13.7. The molecule has 3 aromatic rings. The summed E-state index contributed by atoms with van der Waals surface area (Å²) in [5.41, 5.74) is 1.71. The molecule has 0 N–H and O–H groups in total. The van der Waals surface area contributed by atoms with Crippen LogP contribution < -0.4 is 19.6 Å². The normalized spacial score (nSPS) is 15.2. The first kappa shape index (κ1) is 26.5. The number of fused-ring (bicyclic) bond motifs is 1. The molecule has 4 rings (SSSR count). The van der Waals surface area contributed by atoms with E-state index >= 15 is 0 Å². The van der Waals surface area contributed by atoms with Gasteiger partial charge in [-0.2, -0.15) is 5.26 Å². The van der Waals surface area contributed by atoms with Crippen LogP contribution in [0.4, 0.5) is 4.39 Å². The van der Waals surface area contributed by atoms with Crippen LogP contribution >= 0.6 is 56.5 Å². The third-order valence-electron chi connectivity index (χ3n) is 5.30. The van der Waals surface area contributed by atoms with Crippen LogP contribution in [0.25, 0.3) is 6.08 Å². The zero-order valence-corrected chi connectivity index (χ0v) is 24.2. The molecule has 1 aliphatic heterocycles. The van der Waals surface area contributed by atoms with Crippen molar-refractivity contribution >= 4 is 68.6 Å². The lowest BCUT2D eigenvalue weighted by Crippen LogP contribution is -2.39. The Morgan fingerprint density at radius 2 is 1.94 bits per heavy atom. The Balaban J connectivity index is 1.89. The van der Waals surface area contributed by atoms with E-state index in [9.17, 15) is 14.0 Å². The zero-order valence-electron chi connectivity index (χ0n) is 19.0. The van der Waals surface area contributed by atoms with Crippen molar-refractivity contribution in [2.24, 2.45) is 4.99 Å². The average Bonchev–Trinajstić information content (AvgIpc) is 3.12. The predicted octanol–water partition coefficient (Wildman–Crippen LogP) is 4.05. The van der Waals surface area contributed by atoms with E-state index in [0.29, 0.717) is 26.3 Å². The fourth-order valence-electron chi connectivity index (χ4n) is 3.81. The molecule has 0 saturated heterocycles. The van der Waals surface area contributed by atoms with Crippen molar-refractivity contribution in [1.29, 1.82) is 5.26 Å². The highest BCUT2D eigenvalue weighted by Crippen LogP contribution is 2.31. The topological polar surface area (TPSA) is 93.7 Å². The summed E-state index contributed by atoms with van der Waals surface area (Å²) in [6.07, 6.45) is 1.76. The molecule has 0 spiro atoms. The smallest absolute Gasteiger partial charge is 0.338 e. The highest BCUT2D eigenvalue weighted by Gasteiger charge is 2.33. The monoisotopic (exact) mass is 729 g/mol. The highest BCUT2D eigenvalue weighted by molar-refractivity contribution is 14.1. The van der Waals surface area contributed by atoms with Gasteiger partial charge >= 0.3 is 5.97 Å². The van der Waals surface area contributed by atoms with Crippen molar-refractivity contribution in [1.82, 2.24) is 4.57 Å².